The van der Waals surface area contributed by atoms with Crippen LogP contribution in [0, 0.1) is 11.8 Å². The van der Waals surface area contributed by atoms with Crippen molar-refractivity contribution in [2.24, 2.45) is 11.8 Å². The molecule has 1 heterocycles. The minimum absolute atomic E-state index is 0.00862. The lowest BCUT2D eigenvalue weighted by atomic mass is 9.88. The fraction of sp³-hybridized carbons (Fsp3) is 0.619. The first kappa shape index (κ1) is 20.3. The van der Waals surface area contributed by atoms with Crippen LogP contribution in [-0.2, 0) is 9.59 Å². The van der Waals surface area contributed by atoms with Gasteiger partial charge in [0.2, 0.25) is 11.8 Å². The third kappa shape index (κ3) is 4.57. The molecule has 2 atom stereocenters. The summed E-state index contributed by atoms with van der Waals surface area (Å²) >= 11 is 0. The summed E-state index contributed by atoms with van der Waals surface area (Å²) in [4.78, 5) is 29.4. The van der Waals surface area contributed by atoms with Gasteiger partial charge >= 0.3 is 0 Å². The average Bonchev–Trinajstić information content (AvgIpc) is 3.07. The quantitative estimate of drug-likeness (QED) is 0.750. The van der Waals surface area contributed by atoms with Crippen LogP contribution in [0.25, 0.3) is 0 Å². The Hall–Kier alpha value is -2.04. The molecule has 0 radical (unpaired) electrons. The second kappa shape index (κ2) is 9.06. The molecule has 0 N–H and O–H groups in total. The maximum Gasteiger partial charge on any atom is 0.228 e. The van der Waals surface area contributed by atoms with E-state index in [0.717, 1.165) is 11.3 Å². The molecule has 1 aromatic carbocycles. The minimum atomic E-state index is -0.196. The Morgan fingerprint density at radius 3 is 2.50 bits per heavy atom. The van der Waals surface area contributed by atoms with Gasteiger partial charge in [-0.3, -0.25) is 9.59 Å². The molecule has 1 fully saturated rings. The van der Waals surface area contributed by atoms with E-state index in [2.05, 4.69) is 0 Å². The molecule has 0 saturated carbocycles. The van der Waals surface area contributed by atoms with Gasteiger partial charge in [-0.1, -0.05) is 26.0 Å². The van der Waals surface area contributed by atoms with E-state index in [4.69, 9.17) is 4.74 Å². The second-order valence-electron chi connectivity index (χ2n) is 7.40. The van der Waals surface area contributed by atoms with Crippen molar-refractivity contribution in [3.05, 3.63) is 29.8 Å². The Labute approximate surface area is 157 Å². The summed E-state index contributed by atoms with van der Waals surface area (Å²) in [5, 5.41) is 0. The van der Waals surface area contributed by atoms with Crippen LogP contribution in [0.15, 0.2) is 24.3 Å². The molecule has 2 rings (SSSR count). The van der Waals surface area contributed by atoms with Crippen molar-refractivity contribution in [3.63, 3.8) is 0 Å². The Balaban J connectivity index is 2.30. The number of likely N-dealkylation sites (tertiary alicyclic amines) is 1. The molecule has 1 aliphatic heterocycles. The number of nitrogens with zero attached hydrogens (tertiary/aromatic N) is 2. The van der Waals surface area contributed by atoms with Gasteiger partial charge in [0.15, 0.2) is 0 Å². The van der Waals surface area contributed by atoms with Crippen molar-refractivity contribution in [3.8, 4) is 5.75 Å². The maximum atomic E-state index is 13.1. The van der Waals surface area contributed by atoms with Crippen molar-refractivity contribution in [1.29, 1.82) is 0 Å². The molecule has 26 heavy (non-hydrogen) atoms. The molecule has 5 nitrogen and oxygen atoms in total. The van der Waals surface area contributed by atoms with Gasteiger partial charge in [-0.2, -0.15) is 0 Å². The lowest BCUT2D eigenvalue weighted by Crippen LogP contribution is -2.39. The van der Waals surface area contributed by atoms with Crippen molar-refractivity contribution >= 4 is 11.8 Å². The van der Waals surface area contributed by atoms with Gasteiger partial charge in [0.25, 0.3) is 0 Å². The Bertz CT molecular complexity index is 625. The topological polar surface area (TPSA) is 49.9 Å². The van der Waals surface area contributed by atoms with Crippen LogP contribution in [0.1, 0.15) is 45.6 Å². The summed E-state index contributed by atoms with van der Waals surface area (Å²) in [6, 6.07) is 7.88. The van der Waals surface area contributed by atoms with E-state index in [-0.39, 0.29) is 23.7 Å². The summed E-state index contributed by atoms with van der Waals surface area (Å²) in [5.74, 6) is 1.19. The smallest absolute Gasteiger partial charge is 0.228 e. The van der Waals surface area contributed by atoms with Crippen molar-refractivity contribution in [2.45, 2.75) is 40.0 Å². The standard InChI is InChI=1S/C21H32N2O3/c1-6-22(7-2)21(25)19-14-23(20(24)11-15(3)4)13-18(19)16-9-8-10-17(12-16)26-5/h8-10,12,15,18-19H,6-7,11,13-14H2,1-5H3. The molecule has 1 saturated heterocycles. The Kier molecular flexibility index (Phi) is 7.06. The highest BCUT2D eigenvalue weighted by Crippen LogP contribution is 2.36. The number of carbonyl (C=O) groups excluding carboxylic acids is 2. The molecule has 0 aromatic heterocycles. The van der Waals surface area contributed by atoms with Gasteiger partial charge in [0.05, 0.1) is 13.0 Å². The Morgan fingerprint density at radius 1 is 1.23 bits per heavy atom. The van der Waals surface area contributed by atoms with Crippen LogP contribution in [0.5, 0.6) is 5.75 Å². The number of benzene rings is 1. The second-order valence-corrected chi connectivity index (χ2v) is 7.40. The van der Waals surface area contributed by atoms with Gasteiger partial charge in [-0.25, -0.2) is 0 Å². The number of hydrogen-bond donors (Lipinski definition) is 0. The highest BCUT2D eigenvalue weighted by atomic mass is 16.5. The van der Waals surface area contributed by atoms with Crippen LogP contribution < -0.4 is 4.74 Å². The van der Waals surface area contributed by atoms with Gasteiger partial charge in [-0.15, -0.1) is 0 Å². The molecule has 2 amide bonds. The number of amides is 2. The van der Waals surface area contributed by atoms with E-state index in [0.29, 0.717) is 38.5 Å². The van der Waals surface area contributed by atoms with Crippen LogP contribution in [-0.4, -0.2) is 54.9 Å². The zero-order valence-corrected chi connectivity index (χ0v) is 16.7. The number of ether oxygens (including phenoxy) is 1. The highest BCUT2D eigenvalue weighted by molar-refractivity contribution is 5.83. The molecule has 1 aromatic rings. The molecular formula is C21H32N2O3. The van der Waals surface area contributed by atoms with E-state index < -0.39 is 0 Å². The normalized spacial score (nSPS) is 19.7. The van der Waals surface area contributed by atoms with Crippen molar-refractivity contribution in [2.75, 3.05) is 33.3 Å². The van der Waals surface area contributed by atoms with E-state index in [1.807, 2.05) is 61.8 Å². The molecule has 144 valence electrons. The maximum absolute atomic E-state index is 13.1. The first-order valence-electron chi connectivity index (χ1n) is 9.61. The van der Waals surface area contributed by atoms with E-state index in [1.54, 1.807) is 7.11 Å². The zero-order valence-electron chi connectivity index (χ0n) is 16.7. The summed E-state index contributed by atoms with van der Waals surface area (Å²) in [5.41, 5.74) is 1.06. The molecule has 0 spiro atoms. The zero-order chi connectivity index (χ0) is 19.3. The summed E-state index contributed by atoms with van der Waals surface area (Å²) < 4.78 is 5.35. The molecule has 1 aliphatic rings. The van der Waals surface area contributed by atoms with Gasteiger partial charge in [0, 0.05) is 38.5 Å². The van der Waals surface area contributed by atoms with E-state index >= 15 is 0 Å². The van der Waals surface area contributed by atoms with Gasteiger partial charge in [-0.05, 0) is 37.5 Å². The molecule has 0 bridgehead atoms. The van der Waals surface area contributed by atoms with Crippen molar-refractivity contribution < 1.29 is 14.3 Å². The number of hydrogen-bond acceptors (Lipinski definition) is 3. The third-order valence-electron chi connectivity index (χ3n) is 5.17. The summed E-state index contributed by atoms with van der Waals surface area (Å²) in [6.07, 6.45) is 0.525. The molecule has 5 heteroatoms. The van der Waals surface area contributed by atoms with Gasteiger partial charge in [0.1, 0.15) is 5.75 Å². The van der Waals surface area contributed by atoms with Crippen LogP contribution in [0.4, 0.5) is 0 Å². The molecule has 2 unspecified atom stereocenters. The minimum Gasteiger partial charge on any atom is -0.497 e. The average molecular weight is 360 g/mol. The fourth-order valence-electron chi connectivity index (χ4n) is 3.72. The number of rotatable bonds is 7. The fourth-order valence-corrected chi connectivity index (χ4v) is 3.72. The molecule has 0 aliphatic carbocycles. The third-order valence-corrected chi connectivity index (χ3v) is 5.17. The predicted molar refractivity (Wildman–Crippen MR) is 103 cm³/mol. The van der Waals surface area contributed by atoms with Crippen molar-refractivity contribution in [1.82, 2.24) is 9.80 Å². The molecular weight excluding hydrogens is 328 g/mol. The largest absolute Gasteiger partial charge is 0.497 e. The SMILES string of the molecule is CCN(CC)C(=O)C1CN(C(=O)CC(C)C)CC1c1cccc(OC)c1. The lowest BCUT2D eigenvalue weighted by Gasteiger charge is -2.26. The highest BCUT2D eigenvalue weighted by Gasteiger charge is 2.41. The first-order chi connectivity index (χ1) is 12.4. The summed E-state index contributed by atoms with van der Waals surface area (Å²) in [6.45, 7) is 10.6. The number of carbonyl (C=O) groups is 2. The Morgan fingerprint density at radius 2 is 1.92 bits per heavy atom. The first-order valence-corrected chi connectivity index (χ1v) is 9.61. The van der Waals surface area contributed by atoms with E-state index in [1.165, 1.54) is 0 Å². The van der Waals surface area contributed by atoms with Crippen LogP contribution in [0.2, 0.25) is 0 Å². The summed E-state index contributed by atoms with van der Waals surface area (Å²) in [7, 11) is 1.64. The number of methoxy groups -OCH3 is 1. The van der Waals surface area contributed by atoms with E-state index in [9.17, 15) is 9.59 Å². The van der Waals surface area contributed by atoms with Crippen LogP contribution in [0.3, 0.4) is 0 Å². The predicted octanol–water partition coefficient (Wildman–Crippen LogP) is 3.15. The van der Waals surface area contributed by atoms with Crippen LogP contribution >= 0.6 is 0 Å². The van der Waals surface area contributed by atoms with Gasteiger partial charge < -0.3 is 14.5 Å². The monoisotopic (exact) mass is 360 g/mol. The lowest BCUT2D eigenvalue weighted by molar-refractivity contribution is -0.135.